The molecule has 1 unspecified atom stereocenters. The normalized spacial score (nSPS) is 17.2. The fourth-order valence-corrected chi connectivity index (χ4v) is 3.71. The lowest BCUT2D eigenvalue weighted by molar-refractivity contribution is 0.0678. The lowest BCUT2D eigenvalue weighted by Crippen LogP contribution is -2.39. The standard InChI is InChI=1S/C18H23N3O3S/c1-12-5-4-8-21(10-12)17(22)14-11-25-18(20-14)19-13-6-7-15(23-2)16(9-13)24-3/h6-7,9,11-12H,4-5,8,10H2,1-3H3,(H,19,20). The number of anilines is 2. The van der Waals surface area contributed by atoms with E-state index in [9.17, 15) is 4.79 Å². The molecule has 7 heteroatoms. The van der Waals surface area contributed by atoms with Crippen molar-refractivity contribution in [1.82, 2.24) is 9.88 Å². The second-order valence-corrected chi connectivity index (χ2v) is 7.09. The first-order valence-electron chi connectivity index (χ1n) is 8.34. The Bertz CT molecular complexity index is 747. The van der Waals surface area contributed by atoms with E-state index in [1.54, 1.807) is 14.2 Å². The predicted molar refractivity (Wildman–Crippen MR) is 99.2 cm³/mol. The summed E-state index contributed by atoms with van der Waals surface area (Å²) in [6, 6.07) is 5.56. The highest BCUT2D eigenvalue weighted by atomic mass is 32.1. The Hall–Kier alpha value is -2.28. The molecule has 6 nitrogen and oxygen atoms in total. The Balaban J connectivity index is 1.70. The van der Waals surface area contributed by atoms with Gasteiger partial charge in [0.15, 0.2) is 16.6 Å². The van der Waals surface area contributed by atoms with Gasteiger partial charge in [-0.3, -0.25) is 4.79 Å². The van der Waals surface area contributed by atoms with Gasteiger partial charge in [0, 0.05) is 30.2 Å². The van der Waals surface area contributed by atoms with E-state index in [2.05, 4.69) is 17.2 Å². The third-order valence-electron chi connectivity index (χ3n) is 4.30. The number of carbonyl (C=O) groups excluding carboxylic acids is 1. The molecule has 3 rings (SSSR count). The number of methoxy groups -OCH3 is 2. The van der Waals surface area contributed by atoms with Gasteiger partial charge in [0.25, 0.3) is 5.91 Å². The molecule has 134 valence electrons. The van der Waals surface area contributed by atoms with Gasteiger partial charge in [0.05, 0.1) is 14.2 Å². The molecule has 1 aromatic heterocycles. The Morgan fingerprint density at radius 1 is 1.32 bits per heavy atom. The minimum Gasteiger partial charge on any atom is -0.493 e. The van der Waals surface area contributed by atoms with Gasteiger partial charge in [0.2, 0.25) is 0 Å². The molecule has 1 atom stereocenters. The van der Waals surface area contributed by atoms with E-state index in [4.69, 9.17) is 9.47 Å². The summed E-state index contributed by atoms with van der Waals surface area (Å²) in [5.74, 6) is 1.88. The maximum atomic E-state index is 12.6. The lowest BCUT2D eigenvalue weighted by Gasteiger charge is -2.30. The zero-order valence-corrected chi connectivity index (χ0v) is 15.6. The van der Waals surface area contributed by atoms with Gasteiger partial charge in [0.1, 0.15) is 5.69 Å². The third kappa shape index (κ3) is 4.04. The molecule has 2 aromatic rings. The molecule has 0 radical (unpaired) electrons. The number of hydrogen-bond acceptors (Lipinski definition) is 6. The van der Waals surface area contributed by atoms with Gasteiger partial charge in [-0.1, -0.05) is 6.92 Å². The largest absolute Gasteiger partial charge is 0.493 e. The van der Waals surface area contributed by atoms with Crippen LogP contribution in [0.25, 0.3) is 0 Å². The molecule has 1 amide bonds. The number of likely N-dealkylation sites (tertiary alicyclic amines) is 1. The summed E-state index contributed by atoms with van der Waals surface area (Å²) in [7, 11) is 3.20. The summed E-state index contributed by atoms with van der Waals surface area (Å²) in [6.07, 6.45) is 2.25. The monoisotopic (exact) mass is 361 g/mol. The number of rotatable bonds is 5. The number of carbonyl (C=O) groups is 1. The van der Waals surface area contributed by atoms with E-state index in [-0.39, 0.29) is 5.91 Å². The van der Waals surface area contributed by atoms with Crippen molar-refractivity contribution in [2.24, 2.45) is 5.92 Å². The van der Waals surface area contributed by atoms with E-state index in [0.717, 1.165) is 25.2 Å². The van der Waals surface area contributed by atoms with Crippen LogP contribution < -0.4 is 14.8 Å². The van der Waals surface area contributed by atoms with Crippen molar-refractivity contribution in [1.29, 1.82) is 0 Å². The SMILES string of the molecule is COc1ccc(Nc2nc(C(=O)N3CCCC(C)C3)cs2)cc1OC. The highest BCUT2D eigenvalue weighted by Gasteiger charge is 2.23. The molecule has 0 aliphatic carbocycles. The van der Waals surface area contributed by atoms with E-state index >= 15 is 0 Å². The number of nitrogens with one attached hydrogen (secondary N) is 1. The first-order chi connectivity index (χ1) is 12.1. The molecule has 1 aliphatic rings. The molecular formula is C18H23N3O3S. The first kappa shape index (κ1) is 17.5. The van der Waals surface area contributed by atoms with Crippen LogP contribution >= 0.6 is 11.3 Å². The molecule has 1 aliphatic heterocycles. The average Bonchev–Trinajstić information content (AvgIpc) is 3.09. The van der Waals surface area contributed by atoms with Gasteiger partial charge in [-0.2, -0.15) is 0 Å². The summed E-state index contributed by atoms with van der Waals surface area (Å²) in [6.45, 7) is 3.82. The Morgan fingerprint density at radius 2 is 2.12 bits per heavy atom. The minimum absolute atomic E-state index is 0.0168. The second-order valence-electron chi connectivity index (χ2n) is 6.23. The van der Waals surface area contributed by atoms with Crippen LogP contribution in [-0.4, -0.2) is 43.1 Å². The number of ether oxygens (including phenoxy) is 2. The van der Waals surface area contributed by atoms with E-state index < -0.39 is 0 Å². The third-order valence-corrected chi connectivity index (χ3v) is 5.06. The van der Waals surface area contributed by atoms with Crippen LogP contribution in [0.5, 0.6) is 11.5 Å². The van der Waals surface area contributed by atoms with Gasteiger partial charge in [-0.25, -0.2) is 4.98 Å². The molecular weight excluding hydrogens is 338 g/mol. The molecule has 1 saturated heterocycles. The van der Waals surface area contributed by atoms with Gasteiger partial charge >= 0.3 is 0 Å². The van der Waals surface area contributed by atoms with Gasteiger partial charge in [-0.15, -0.1) is 11.3 Å². The summed E-state index contributed by atoms with van der Waals surface area (Å²) in [4.78, 5) is 19.0. The lowest BCUT2D eigenvalue weighted by atomic mass is 10.0. The van der Waals surface area contributed by atoms with Gasteiger partial charge in [-0.05, 0) is 30.9 Å². The topological polar surface area (TPSA) is 63.7 Å². The van der Waals surface area contributed by atoms with Crippen LogP contribution in [0, 0.1) is 5.92 Å². The van der Waals surface area contributed by atoms with Crippen molar-refractivity contribution in [3.05, 3.63) is 29.3 Å². The molecule has 25 heavy (non-hydrogen) atoms. The fourth-order valence-electron chi connectivity index (χ4n) is 3.00. The number of hydrogen-bond donors (Lipinski definition) is 1. The zero-order chi connectivity index (χ0) is 17.8. The molecule has 2 heterocycles. The highest BCUT2D eigenvalue weighted by Crippen LogP contribution is 2.32. The van der Waals surface area contributed by atoms with Crippen LogP contribution in [0.2, 0.25) is 0 Å². The summed E-state index contributed by atoms with van der Waals surface area (Å²) in [5.41, 5.74) is 1.33. The molecule has 0 spiro atoms. The van der Waals surface area contributed by atoms with Crippen molar-refractivity contribution in [2.75, 3.05) is 32.6 Å². The first-order valence-corrected chi connectivity index (χ1v) is 9.22. The number of benzene rings is 1. The van der Waals surface area contributed by atoms with Gasteiger partial charge < -0.3 is 19.7 Å². The van der Waals surface area contributed by atoms with E-state index in [0.29, 0.717) is 28.2 Å². The molecule has 1 N–H and O–H groups in total. The highest BCUT2D eigenvalue weighted by molar-refractivity contribution is 7.14. The number of nitrogens with zero attached hydrogens (tertiary/aromatic N) is 2. The van der Waals surface area contributed by atoms with Crippen molar-refractivity contribution in [2.45, 2.75) is 19.8 Å². The maximum Gasteiger partial charge on any atom is 0.273 e. The average molecular weight is 361 g/mol. The van der Waals surface area contributed by atoms with Crippen LogP contribution in [0.3, 0.4) is 0 Å². The number of amides is 1. The quantitative estimate of drug-likeness (QED) is 0.878. The maximum absolute atomic E-state index is 12.6. The van der Waals surface area contributed by atoms with Crippen LogP contribution in [0.1, 0.15) is 30.3 Å². The second kappa shape index (κ2) is 7.74. The smallest absolute Gasteiger partial charge is 0.273 e. The van der Waals surface area contributed by atoms with Crippen LogP contribution in [0.15, 0.2) is 23.6 Å². The van der Waals surface area contributed by atoms with Crippen molar-refractivity contribution < 1.29 is 14.3 Å². The number of aromatic nitrogens is 1. The number of piperidine rings is 1. The fraction of sp³-hybridized carbons (Fsp3) is 0.444. The molecule has 1 aromatic carbocycles. The summed E-state index contributed by atoms with van der Waals surface area (Å²) < 4.78 is 10.5. The van der Waals surface area contributed by atoms with Crippen molar-refractivity contribution >= 4 is 28.1 Å². The molecule has 0 bridgehead atoms. The Kier molecular flexibility index (Phi) is 5.43. The summed E-state index contributed by atoms with van der Waals surface area (Å²) >= 11 is 1.42. The minimum atomic E-state index is 0.0168. The Labute approximate surface area is 151 Å². The van der Waals surface area contributed by atoms with Crippen LogP contribution in [-0.2, 0) is 0 Å². The van der Waals surface area contributed by atoms with Crippen molar-refractivity contribution in [3.8, 4) is 11.5 Å². The Morgan fingerprint density at radius 3 is 2.84 bits per heavy atom. The molecule has 1 fully saturated rings. The predicted octanol–water partition coefficient (Wildman–Crippen LogP) is 3.78. The molecule has 0 saturated carbocycles. The van der Waals surface area contributed by atoms with E-state index in [1.165, 1.54) is 17.8 Å². The van der Waals surface area contributed by atoms with Crippen molar-refractivity contribution in [3.63, 3.8) is 0 Å². The number of thiazole rings is 1. The zero-order valence-electron chi connectivity index (χ0n) is 14.7. The van der Waals surface area contributed by atoms with E-state index in [1.807, 2.05) is 28.5 Å². The van der Waals surface area contributed by atoms with Crippen LogP contribution in [0.4, 0.5) is 10.8 Å². The summed E-state index contributed by atoms with van der Waals surface area (Å²) in [5, 5.41) is 5.71.